The number of esters is 1. The fourth-order valence-electron chi connectivity index (χ4n) is 1.74. The summed E-state index contributed by atoms with van der Waals surface area (Å²) in [5.74, 6) is 0.155. The predicted octanol–water partition coefficient (Wildman–Crippen LogP) is 3.32. The number of rotatable bonds is 8. The van der Waals surface area contributed by atoms with Crippen LogP contribution in [0, 0.1) is 6.92 Å². The molecule has 0 aliphatic carbocycles. The van der Waals surface area contributed by atoms with Crippen molar-refractivity contribution in [3.05, 3.63) is 27.7 Å². The first-order valence-electron chi connectivity index (χ1n) is 6.77. The van der Waals surface area contributed by atoms with Crippen LogP contribution in [0.4, 0.5) is 0 Å². The van der Waals surface area contributed by atoms with Gasteiger partial charge in [-0.1, -0.05) is 15.9 Å². The summed E-state index contributed by atoms with van der Waals surface area (Å²) in [6, 6.07) is 3.46. The van der Waals surface area contributed by atoms with E-state index in [1.807, 2.05) is 20.8 Å². The third-order valence-electron chi connectivity index (χ3n) is 2.81. The minimum Gasteiger partial charge on any atom is -0.488 e. The van der Waals surface area contributed by atoms with Gasteiger partial charge in [0.1, 0.15) is 12.4 Å². The van der Waals surface area contributed by atoms with Gasteiger partial charge in [0.2, 0.25) is 0 Å². The summed E-state index contributed by atoms with van der Waals surface area (Å²) >= 11 is 3.41. The van der Waals surface area contributed by atoms with E-state index in [0.717, 1.165) is 10.0 Å². The van der Waals surface area contributed by atoms with Gasteiger partial charge in [0.15, 0.2) is 6.29 Å². The van der Waals surface area contributed by atoms with E-state index >= 15 is 0 Å². The number of hydrogen-bond acceptors (Lipinski definition) is 5. The van der Waals surface area contributed by atoms with Crippen LogP contribution >= 0.6 is 15.9 Å². The lowest BCUT2D eigenvalue weighted by molar-refractivity contribution is -0.152. The van der Waals surface area contributed by atoms with Crippen LogP contribution in [0.2, 0.25) is 0 Å². The van der Waals surface area contributed by atoms with Gasteiger partial charge < -0.3 is 18.9 Å². The number of ether oxygens (including phenoxy) is 4. The maximum Gasteiger partial charge on any atom is 0.338 e. The van der Waals surface area contributed by atoms with Gasteiger partial charge in [0.25, 0.3) is 0 Å². The molecule has 0 amide bonds. The highest BCUT2D eigenvalue weighted by Gasteiger charge is 2.15. The Morgan fingerprint density at radius 2 is 1.86 bits per heavy atom. The molecular formula is C15H21BrO5. The van der Waals surface area contributed by atoms with Crippen molar-refractivity contribution in [1.29, 1.82) is 0 Å². The Balaban J connectivity index is 2.83. The molecule has 5 nitrogen and oxygen atoms in total. The van der Waals surface area contributed by atoms with Crippen molar-refractivity contribution >= 4 is 21.9 Å². The van der Waals surface area contributed by atoms with Crippen molar-refractivity contribution in [1.82, 2.24) is 0 Å². The SMILES string of the molecule is CCOC(COc1cc(Br)c(C)c(C(=O)OC)c1)OCC. The quantitative estimate of drug-likeness (QED) is 0.525. The van der Waals surface area contributed by atoms with E-state index in [1.165, 1.54) is 7.11 Å². The third kappa shape index (κ3) is 5.30. The molecule has 0 saturated carbocycles. The molecule has 0 aromatic heterocycles. The second-order valence-electron chi connectivity index (χ2n) is 4.22. The maximum absolute atomic E-state index is 11.7. The van der Waals surface area contributed by atoms with Crippen LogP contribution in [0.25, 0.3) is 0 Å². The van der Waals surface area contributed by atoms with Crippen molar-refractivity contribution < 1.29 is 23.7 Å². The highest BCUT2D eigenvalue weighted by molar-refractivity contribution is 9.10. The first-order valence-corrected chi connectivity index (χ1v) is 7.57. The van der Waals surface area contributed by atoms with Crippen molar-refractivity contribution in [3.8, 4) is 5.75 Å². The van der Waals surface area contributed by atoms with Gasteiger partial charge in [-0.25, -0.2) is 4.79 Å². The number of carbonyl (C=O) groups is 1. The Morgan fingerprint density at radius 1 is 1.24 bits per heavy atom. The molecular weight excluding hydrogens is 340 g/mol. The molecule has 0 N–H and O–H groups in total. The van der Waals surface area contributed by atoms with Crippen molar-refractivity contribution in [2.24, 2.45) is 0 Å². The van der Waals surface area contributed by atoms with Crippen LogP contribution in [0.5, 0.6) is 5.75 Å². The number of benzene rings is 1. The first-order chi connectivity index (χ1) is 10.0. The normalized spacial score (nSPS) is 10.8. The smallest absolute Gasteiger partial charge is 0.338 e. The molecule has 0 radical (unpaired) electrons. The summed E-state index contributed by atoms with van der Waals surface area (Å²) in [5.41, 5.74) is 1.27. The van der Waals surface area contributed by atoms with Gasteiger partial charge >= 0.3 is 5.97 Å². The molecule has 21 heavy (non-hydrogen) atoms. The lowest BCUT2D eigenvalue weighted by Crippen LogP contribution is -2.25. The number of carbonyl (C=O) groups excluding carboxylic acids is 1. The highest BCUT2D eigenvalue weighted by atomic mass is 79.9. The minimum atomic E-state index is -0.429. The summed E-state index contributed by atoms with van der Waals surface area (Å²) in [7, 11) is 1.35. The van der Waals surface area contributed by atoms with Gasteiger partial charge in [0, 0.05) is 17.7 Å². The molecule has 0 aliphatic heterocycles. The van der Waals surface area contributed by atoms with Gasteiger partial charge in [-0.3, -0.25) is 0 Å². The van der Waals surface area contributed by atoms with Crippen LogP contribution in [0.3, 0.4) is 0 Å². The molecule has 0 saturated heterocycles. The van der Waals surface area contributed by atoms with Gasteiger partial charge in [0.05, 0.1) is 12.7 Å². The third-order valence-corrected chi connectivity index (χ3v) is 3.64. The topological polar surface area (TPSA) is 54.0 Å². The highest BCUT2D eigenvalue weighted by Crippen LogP contribution is 2.27. The molecule has 0 heterocycles. The number of methoxy groups -OCH3 is 1. The molecule has 1 aromatic rings. The second kappa shape index (κ2) is 9.02. The lowest BCUT2D eigenvalue weighted by atomic mass is 10.1. The van der Waals surface area contributed by atoms with E-state index in [4.69, 9.17) is 18.9 Å². The summed E-state index contributed by atoms with van der Waals surface area (Å²) in [5, 5.41) is 0. The van der Waals surface area contributed by atoms with Crippen molar-refractivity contribution in [2.45, 2.75) is 27.1 Å². The zero-order valence-corrected chi connectivity index (χ0v) is 14.4. The molecule has 0 aliphatic rings. The van der Waals surface area contributed by atoms with Crippen molar-refractivity contribution in [2.75, 3.05) is 26.9 Å². The van der Waals surface area contributed by atoms with Crippen molar-refractivity contribution in [3.63, 3.8) is 0 Å². The Labute approximate surface area is 133 Å². The average molecular weight is 361 g/mol. The van der Waals surface area contributed by atoms with Crippen LogP contribution < -0.4 is 4.74 Å². The summed E-state index contributed by atoms with van der Waals surface area (Å²) in [6.45, 7) is 6.95. The molecule has 0 unspecified atom stereocenters. The minimum absolute atomic E-state index is 0.248. The zero-order chi connectivity index (χ0) is 15.8. The molecule has 0 spiro atoms. The van der Waals surface area contributed by atoms with E-state index in [1.54, 1.807) is 12.1 Å². The largest absolute Gasteiger partial charge is 0.488 e. The number of hydrogen-bond donors (Lipinski definition) is 0. The average Bonchev–Trinajstić information content (AvgIpc) is 2.47. The molecule has 0 atom stereocenters. The molecule has 6 heteroatoms. The summed E-state index contributed by atoms with van der Waals surface area (Å²) in [6.07, 6.45) is -0.429. The molecule has 0 bridgehead atoms. The molecule has 1 rings (SSSR count). The van der Waals surface area contributed by atoms with Crippen LogP contribution in [-0.4, -0.2) is 39.2 Å². The summed E-state index contributed by atoms with van der Waals surface area (Å²) in [4.78, 5) is 11.7. The van der Waals surface area contributed by atoms with Crippen LogP contribution in [0.1, 0.15) is 29.8 Å². The van der Waals surface area contributed by atoms with E-state index in [-0.39, 0.29) is 6.61 Å². The van der Waals surface area contributed by atoms with Crippen LogP contribution in [-0.2, 0) is 14.2 Å². The standard InChI is InChI=1S/C15H21BrO5/c1-5-19-14(20-6-2)9-21-11-7-12(15(17)18-4)10(3)13(16)8-11/h7-8,14H,5-6,9H2,1-4H3. The van der Waals surface area contributed by atoms with E-state index in [0.29, 0.717) is 24.5 Å². The second-order valence-corrected chi connectivity index (χ2v) is 5.07. The van der Waals surface area contributed by atoms with Gasteiger partial charge in [-0.15, -0.1) is 0 Å². The maximum atomic E-state index is 11.7. The van der Waals surface area contributed by atoms with E-state index in [2.05, 4.69) is 15.9 Å². The monoisotopic (exact) mass is 360 g/mol. The van der Waals surface area contributed by atoms with Crippen LogP contribution in [0.15, 0.2) is 16.6 Å². The Morgan fingerprint density at radius 3 is 2.38 bits per heavy atom. The fourth-order valence-corrected chi connectivity index (χ4v) is 2.18. The van der Waals surface area contributed by atoms with Gasteiger partial charge in [-0.05, 0) is 38.5 Å². The molecule has 1 aromatic carbocycles. The Kier molecular flexibility index (Phi) is 7.71. The molecule has 118 valence electrons. The Hall–Kier alpha value is -1.11. The predicted molar refractivity (Wildman–Crippen MR) is 82.8 cm³/mol. The fraction of sp³-hybridized carbons (Fsp3) is 0.533. The first kappa shape index (κ1) is 17.9. The summed E-state index contributed by atoms with van der Waals surface area (Å²) < 4.78 is 22.0. The van der Waals surface area contributed by atoms with E-state index < -0.39 is 12.3 Å². The van der Waals surface area contributed by atoms with Gasteiger partial charge in [-0.2, -0.15) is 0 Å². The molecule has 0 fully saturated rings. The van der Waals surface area contributed by atoms with E-state index in [9.17, 15) is 4.79 Å². The lowest BCUT2D eigenvalue weighted by Gasteiger charge is -2.18. The number of halogens is 1. The zero-order valence-electron chi connectivity index (χ0n) is 12.8. The Bertz CT molecular complexity index is 469.